The highest BCUT2D eigenvalue weighted by atomic mass is 16.7. The van der Waals surface area contributed by atoms with E-state index >= 15 is 0 Å². The Hall–Kier alpha value is -0.800. The second-order valence-electron chi connectivity index (χ2n) is 3.17. The van der Waals surface area contributed by atoms with Crippen LogP contribution in [0.4, 0.5) is 0 Å². The van der Waals surface area contributed by atoms with Crippen molar-refractivity contribution in [2.75, 3.05) is 13.2 Å². The zero-order chi connectivity index (χ0) is 9.52. The molecular weight excluding hydrogens is 168 g/mol. The molecule has 0 radical (unpaired) electrons. The van der Waals surface area contributed by atoms with Gasteiger partial charge in [-0.25, -0.2) is 0 Å². The predicted molar refractivity (Wildman–Crippen MR) is 50.0 cm³/mol. The molecule has 74 valence electrons. The van der Waals surface area contributed by atoms with Crippen molar-refractivity contribution in [2.45, 2.75) is 19.6 Å². The number of aliphatic hydroxyl groups is 1. The molecule has 1 heterocycles. The standard InChI is InChI=1S/C10H16O3/c1-9(5-6-11)8-13-10-4-2-3-7-12-10/h2-4,7,9-11H,5-6,8H2,1H3. The molecule has 0 spiro atoms. The Bertz CT molecular complexity index is 187. The SMILES string of the molecule is CC(CCO)COC1C=CC=CO1. The third kappa shape index (κ3) is 4.10. The van der Waals surface area contributed by atoms with Crippen LogP contribution in [0.1, 0.15) is 13.3 Å². The van der Waals surface area contributed by atoms with Crippen molar-refractivity contribution in [1.29, 1.82) is 0 Å². The molecule has 1 rings (SSSR count). The van der Waals surface area contributed by atoms with Crippen molar-refractivity contribution in [2.24, 2.45) is 5.92 Å². The van der Waals surface area contributed by atoms with E-state index < -0.39 is 0 Å². The summed E-state index contributed by atoms with van der Waals surface area (Å²) in [6.45, 7) is 2.87. The first-order chi connectivity index (χ1) is 6.33. The summed E-state index contributed by atoms with van der Waals surface area (Å²) in [5.41, 5.74) is 0. The summed E-state index contributed by atoms with van der Waals surface area (Å²) in [7, 11) is 0. The molecule has 1 aliphatic heterocycles. The molecule has 0 amide bonds. The first-order valence-electron chi connectivity index (χ1n) is 4.54. The molecule has 0 aliphatic carbocycles. The van der Waals surface area contributed by atoms with E-state index in [1.54, 1.807) is 6.26 Å². The Kier molecular flexibility index (Phi) is 4.57. The van der Waals surface area contributed by atoms with Gasteiger partial charge in [0.1, 0.15) is 0 Å². The van der Waals surface area contributed by atoms with Crippen LogP contribution in [0, 0.1) is 5.92 Å². The third-order valence-corrected chi connectivity index (χ3v) is 1.84. The van der Waals surface area contributed by atoms with Crippen LogP contribution in [-0.4, -0.2) is 24.6 Å². The van der Waals surface area contributed by atoms with Crippen LogP contribution in [0.25, 0.3) is 0 Å². The zero-order valence-electron chi connectivity index (χ0n) is 7.85. The van der Waals surface area contributed by atoms with Gasteiger partial charge in [-0.2, -0.15) is 0 Å². The molecule has 0 saturated heterocycles. The maximum absolute atomic E-state index is 8.66. The third-order valence-electron chi connectivity index (χ3n) is 1.84. The largest absolute Gasteiger partial charge is 0.469 e. The van der Waals surface area contributed by atoms with Crippen molar-refractivity contribution in [3.05, 3.63) is 24.5 Å². The molecule has 0 aromatic rings. The molecule has 0 saturated carbocycles. The second-order valence-corrected chi connectivity index (χ2v) is 3.17. The molecule has 2 atom stereocenters. The number of aliphatic hydroxyl groups excluding tert-OH is 1. The minimum atomic E-state index is -0.258. The summed E-state index contributed by atoms with van der Waals surface area (Å²) in [4.78, 5) is 0. The van der Waals surface area contributed by atoms with Crippen LogP contribution in [0.2, 0.25) is 0 Å². The highest BCUT2D eigenvalue weighted by Crippen LogP contribution is 2.08. The van der Waals surface area contributed by atoms with Gasteiger partial charge >= 0.3 is 0 Å². The molecule has 1 N–H and O–H groups in total. The molecule has 0 aromatic heterocycles. The van der Waals surface area contributed by atoms with Gasteiger partial charge in [-0.3, -0.25) is 0 Å². The number of hydrogen-bond acceptors (Lipinski definition) is 3. The van der Waals surface area contributed by atoms with Crippen LogP contribution in [-0.2, 0) is 9.47 Å². The number of rotatable bonds is 5. The molecule has 1 aliphatic rings. The first-order valence-corrected chi connectivity index (χ1v) is 4.54. The van der Waals surface area contributed by atoms with Crippen LogP contribution in [0.3, 0.4) is 0 Å². The first kappa shape index (κ1) is 10.3. The van der Waals surface area contributed by atoms with Gasteiger partial charge in [0.15, 0.2) is 0 Å². The fourth-order valence-corrected chi connectivity index (χ4v) is 1.03. The van der Waals surface area contributed by atoms with Gasteiger partial charge in [-0.1, -0.05) is 13.0 Å². The summed E-state index contributed by atoms with van der Waals surface area (Å²) in [5, 5.41) is 8.66. The molecule has 3 heteroatoms. The second kappa shape index (κ2) is 5.78. The van der Waals surface area contributed by atoms with Crippen molar-refractivity contribution in [3.8, 4) is 0 Å². The smallest absolute Gasteiger partial charge is 0.219 e. The molecule has 0 aromatic carbocycles. The maximum Gasteiger partial charge on any atom is 0.219 e. The Morgan fingerprint density at radius 3 is 3.00 bits per heavy atom. The van der Waals surface area contributed by atoms with Crippen LogP contribution < -0.4 is 0 Å². The number of ether oxygens (including phenoxy) is 2. The van der Waals surface area contributed by atoms with Crippen molar-refractivity contribution in [3.63, 3.8) is 0 Å². The lowest BCUT2D eigenvalue weighted by atomic mass is 10.1. The quantitative estimate of drug-likeness (QED) is 0.702. The van der Waals surface area contributed by atoms with Gasteiger partial charge in [-0.05, 0) is 24.5 Å². The van der Waals surface area contributed by atoms with E-state index in [2.05, 4.69) is 0 Å². The van der Waals surface area contributed by atoms with Crippen molar-refractivity contribution in [1.82, 2.24) is 0 Å². The van der Waals surface area contributed by atoms with Crippen LogP contribution in [0.5, 0.6) is 0 Å². The molecule has 2 unspecified atom stereocenters. The highest BCUT2D eigenvalue weighted by molar-refractivity contribution is 5.05. The van der Waals surface area contributed by atoms with Crippen molar-refractivity contribution < 1.29 is 14.6 Å². The van der Waals surface area contributed by atoms with E-state index in [-0.39, 0.29) is 12.9 Å². The van der Waals surface area contributed by atoms with Gasteiger partial charge < -0.3 is 14.6 Å². The van der Waals surface area contributed by atoms with E-state index in [1.165, 1.54) is 0 Å². The van der Waals surface area contributed by atoms with E-state index in [1.807, 2.05) is 25.2 Å². The lowest BCUT2D eigenvalue weighted by Crippen LogP contribution is -2.18. The lowest BCUT2D eigenvalue weighted by Gasteiger charge is -2.18. The predicted octanol–water partition coefficient (Wildman–Crippen LogP) is 1.45. The number of allylic oxidation sites excluding steroid dienone is 2. The average Bonchev–Trinajstić information content (AvgIpc) is 2.17. The Labute approximate surface area is 78.7 Å². The maximum atomic E-state index is 8.66. The minimum absolute atomic E-state index is 0.214. The van der Waals surface area contributed by atoms with Gasteiger partial charge in [0.2, 0.25) is 6.29 Å². The fourth-order valence-electron chi connectivity index (χ4n) is 1.03. The summed E-state index contributed by atoms with van der Waals surface area (Å²) < 4.78 is 10.6. The molecular formula is C10H16O3. The summed E-state index contributed by atoms with van der Waals surface area (Å²) in [6, 6.07) is 0. The Morgan fingerprint density at radius 2 is 2.38 bits per heavy atom. The highest BCUT2D eigenvalue weighted by Gasteiger charge is 2.08. The van der Waals surface area contributed by atoms with E-state index in [0.717, 1.165) is 6.42 Å². The zero-order valence-corrected chi connectivity index (χ0v) is 7.85. The molecule has 13 heavy (non-hydrogen) atoms. The number of hydrogen-bond donors (Lipinski definition) is 1. The average molecular weight is 184 g/mol. The molecule has 0 fully saturated rings. The van der Waals surface area contributed by atoms with E-state index in [0.29, 0.717) is 12.5 Å². The lowest BCUT2D eigenvalue weighted by molar-refractivity contribution is -0.0852. The topological polar surface area (TPSA) is 38.7 Å². The fraction of sp³-hybridized carbons (Fsp3) is 0.600. The van der Waals surface area contributed by atoms with Crippen LogP contribution in [0.15, 0.2) is 24.5 Å². The monoisotopic (exact) mass is 184 g/mol. The summed E-state index contributed by atoms with van der Waals surface area (Å²) >= 11 is 0. The van der Waals surface area contributed by atoms with Gasteiger partial charge in [0.25, 0.3) is 0 Å². The van der Waals surface area contributed by atoms with E-state index in [9.17, 15) is 0 Å². The van der Waals surface area contributed by atoms with Gasteiger partial charge in [0.05, 0.1) is 12.9 Å². The summed E-state index contributed by atoms with van der Waals surface area (Å²) in [6.07, 6.45) is 7.69. The van der Waals surface area contributed by atoms with Gasteiger partial charge in [-0.15, -0.1) is 0 Å². The summed E-state index contributed by atoms with van der Waals surface area (Å²) in [5.74, 6) is 0.368. The van der Waals surface area contributed by atoms with Crippen LogP contribution >= 0.6 is 0 Å². The Morgan fingerprint density at radius 1 is 1.54 bits per heavy atom. The molecule has 0 bridgehead atoms. The van der Waals surface area contributed by atoms with E-state index in [4.69, 9.17) is 14.6 Å². The normalized spacial score (nSPS) is 22.8. The minimum Gasteiger partial charge on any atom is -0.469 e. The van der Waals surface area contributed by atoms with Crippen molar-refractivity contribution >= 4 is 0 Å². The Balaban J connectivity index is 2.11. The molecule has 3 nitrogen and oxygen atoms in total. The van der Waals surface area contributed by atoms with Gasteiger partial charge in [0, 0.05) is 6.61 Å².